The van der Waals surface area contributed by atoms with Gasteiger partial charge in [-0.25, -0.2) is 12.7 Å². The molecule has 2 aromatic heterocycles. The highest BCUT2D eigenvalue weighted by Crippen LogP contribution is 2.46. The normalized spacial score (nSPS) is 23.3. The first kappa shape index (κ1) is 16.7. The fourth-order valence-electron chi connectivity index (χ4n) is 3.79. The van der Waals surface area contributed by atoms with Gasteiger partial charge in [0.2, 0.25) is 10.0 Å². The van der Waals surface area contributed by atoms with Crippen LogP contribution in [-0.4, -0.2) is 49.0 Å². The monoisotopic (exact) mass is 377 g/mol. The van der Waals surface area contributed by atoms with Gasteiger partial charge in [-0.15, -0.1) is 0 Å². The molecule has 2 aliphatic rings. The zero-order valence-corrected chi connectivity index (χ0v) is 15.5. The van der Waals surface area contributed by atoms with E-state index in [0.29, 0.717) is 31.6 Å². The summed E-state index contributed by atoms with van der Waals surface area (Å²) in [5, 5.41) is 3.72. The Morgan fingerprint density at radius 2 is 2.20 bits per heavy atom. The van der Waals surface area contributed by atoms with Gasteiger partial charge in [-0.1, -0.05) is 0 Å². The van der Waals surface area contributed by atoms with E-state index in [0.717, 1.165) is 11.4 Å². The summed E-state index contributed by atoms with van der Waals surface area (Å²) < 4.78 is 26.1. The molecule has 1 fully saturated rings. The van der Waals surface area contributed by atoms with Crippen molar-refractivity contribution >= 4 is 33.0 Å². The van der Waals surface area contributed by atoms with Crippen molar-refractivity contribution in [1.29, 1.82) is 0 Å². The Labute approximate surface area is 151 Å². The topological polar surface area (TPSA) is 70.6 Å². The molecule has 25 heavy (non-hydrogen) atoms. The Kier molecular flexibility index (Phi) is 3.93. The number of carbonyl (C=O) groups is 1. The molecule has 0 aliphatic carbocycles. The fraction of sp³-hybridized carbons (Fsp3) is 0.412. The number of anilines is 1. The van der Waals surface area contributed by atoms with Crippen molar-refractivity contribution in [3.05, 3.63) is 46.4 Å². The predicted molar refractivity (Wildman–Crippen MR) is 97.6 cm³/mol. The van der Waals surface area contributed by atoms with E-state index in [1.165, 1.54) is 11.3 Å². The number of hydrogen-bond donors (Lipinski definition) is 0. The van der Waals surface area contributed by atoms with E-state index in [2.05, 4.69) is 4.98 Å². The highest BCUT2D eigenvalue weighted by molar-refractivity contribution is 7.89. The molecule has 4 heterocycles. The van der Waals surface area contributed by atoms with Gasteiger partial charge < -0.3 is 4.90 Å². The molecule has 132 valence electrons. The third-order valence-electron chi connectivity index (χ3n) is 5.13. The third kappa shape index (κ3) is 2.59. The maximum atomic E-state index is 12.9. The Hall–Kier alpha value is -1.77. The number of carbonyl (C=O) groups excluding carboxylic acids is 1. The summed E-state index contributed by atoms with van der Waals surface area (Å²) in [6, 6.07) is 5.54. The summed E-state index contributed by atoms with van der Waals surface area (Å²) in [7, 11) is -3.24. The van der Waals surface area contributed by atoms with Gasteiger partial charge in [0.25, 0.3) is 5.91 Å². The molecule has 0 unspecified atom stereocenters. The van der Waals surface area contributed by atoms with Crippen LogP contribution in [-0.2, 0) is 15.4 Å². The minimum absolute atomic E-state index is 0.0517. The van der Waals surface area contributed by atoms with E-state index < -0.39 is 15.4 Å². The van der Waals surface area contributed by atoms with Crippen molar-refractivity contribution in [2.45, 2.75) is 18.8 Å². The van der Waals surface area contributed by atoms with Crippen LogP contribution in [0.1, 0.15) is 29.4 Å². The molecule has 0 bridgehead atoms. The number of fused-ring (bicyclic) bond motifs is 2. The number of nitrogens with zero attached hydrogens (tertiary/aromatic N) is 3. The van der Waals surface area contributed by atoms with Gasteiger partial charge in [0.05, 0.1) is 22.7 Å². The van der Waals surface area contributed by atoms with Crippen molar-refractivity contribution in [2.75, 3.05) is 30.3 Å². The predicted octanol–water partition coefficient (Wildman–Crippen LogP) is 2.10. The van der Waals surface area contributed by atoms with Crippen molar-refractivity contribution in [3.63, 3.8) is 0 Å². The van der Waals surface area contributed by atoms with Crippen LogP contribution in [0, 0.1) is 0 Å². The molecule has 1 saturated heterocycles. The summed E-state index contributed by atoms with van der Waals surface area (Å²) in [5.41, 5.74) is 1.89. The largest absolute Gasteiger partial charge is 0.305 e. The first-order chi connectivity index (χ1) is 12.0. The summed E-state index contributed by atoms with van der Waals surface area (Å²) in [6.45, 7) is 3.00. The quantitative estimate of drug-likeness (QED) is 0.821. The molecule has 6 nitrogen and oxygen atoms in total. The van der Waals surface area contributed by atoms with Crippen molar-refractivity contribution in [2.24, 2.45) is 0 Å². The average molecular weight is 377 g/mol. The molecule has 2 aliphatic heterocycles. The molecule has 1 spiro atoms. The summed E-state index contributed by atoms with van der Waals surface area (Å²) in [5.74, 6) is 0.0413. The summed E-state index contributed by atoms with van der Waals surface area (Å²) >= 11 is 1.49. The minimum atomic E-state index is -3.24. The van der Waals surface area contributed by atoms with Gasteiger partial charge in [-0.2, -0.15) is 11.3 Å². The van der Waals surface area contributed by atoms with E-state index in [4.69, 9.17) is 0 Å². The number of pyridine rings is 1. The van der Waals surface area contributed by atoms with Crippen LogP contribution in [0.2, 0.25) is 0 Å². The smallest absolute Gasteiger partial charge is 0.259 e. The molecular weight excluding hydrogens is 358 g/mol. The molecule has 0 saturated carbocycles. The van der Waals surface area contributed by atoms with Gasteiger partial charge >= 0.3 is 0 Å². The number of hydrogen-bond acceptors (Lipinski definition) is 5. The molecule has 1 amide bonds. The number of thiophene rings is 1. The lowest BCUT2D eigenvalue weighted by atomic mass is 9.85. The van der Waals surface area contributed by atoms with E-state index >= 15 is 0 Å². The Bertz CT molecular complexity index is 911. The Balaban J connectivity index is 1.72. The van der Waals surface area contributed by atoms with Crippen molar-refractivity contribution in [1.82, 2.24) is 9.29 Å². The van der Waals surface area contributed by atoms with E-state index in [-0.39, 0.29) is 11.7 Å². The third-order valence-corrected chi connectivity index (χ3v) is 7.64. The van der Waals surface area contributed by atoms with Crippen molar-refractivity contribution in [3.8, 4) is 0 Å². The zero-order chi connectivity index (χ0) is 17.7. The SMILES string of the molecule is CCS(=O)(=O)N1CC[C@@]2(CN(C(=O)c3ccsc3)c3cccnc32)C1. The second kappa shape index (κ2) is 5.89. The fourth-order valence-corrected chi connectivity index (χ4v) is 5.59. The Morgan fingerprint density at radius 3 is 2.92 bits per heavy atom. The van der Waals surface area contributed by atoms with Gasteiger partial charge in [0.1, 0.15) is 0 Å². The average Bonchev–Trinajstić information content (AvgIpc) is 3.35. The summed E-state index contributed by atoms with van der Waals surface area (Å²) in [4.78, 5) is 19.2. The number of sulfonamides is 1. The lowest BCUT2D eigenvalue weighted by Crippen LogP contribution is -2.40. The van der Waals surface area contributed by atoms with Crippen LogP contribution < -0.4 is 4.90 Å². The second-order valence-corrected chi connectivity index (χ2v) is 9.58. The van der Waals surface area contributed by atoms with Gasteiger partial charge in [0.15, 0.2) is 0 Å². The summed E-state index contributed by atoms with van der Waals surface area (Å²) in [6.07, 6.45) is 2.40. The van der Waals surface area contributed by atoms with Gasteiger partial charge in [-0.3, -0.25) is 9.78 Å². The Morgan fingerprint density at radius 1 is 1.36 bits per heavy atom. The van der Waals surface area contributed by atoms with Crippen LogP contribution in [0.5, 0.6) is 0 Å². The van der Waals surface area contributed by atoms with Crippen LogP contribution in [0.15, 0.2) is 35.2 Å². The van der Waals surface area contributed by atoms with Crippen LogP contribution in [0.25, 0.3) is 0 Å². The maximum absolute atomic E-state index is 12.9. The van der Waals surface area contributed by atoms with E-state index in [1.807, 2.05) is 29.0 Å². The molecule has 8 heteroatoms. The van der Waals surface area contributed by atoms with E-state index in [1.54, 1.807) is 22.3 Å². The lowest BCUT2D eigenvalue weighted by Gasteiger charge is -2.24. The molecule has 0 aromatic carbocycles. The highest BCUT2D eigenvalue weighted by Gasteiger charge is 2.51. The molecular formula is C17H19N3O3S2. The van der Waals surface area contributed by atoms with Gasteiger partial charge in [0, 0.05) is 36.6 Å². The second-order valence-electron chi connectivity index (χ2n) is 6.54. The zero-order valence-electron chi connectivity index (χ0n) is 13.9. The van der Waals surface area contributed by atoms with E-state index in [9.17, 15) is 13.2 Å². The molecule has 2 aromatic rings. The van der Waals surface area contributed by atoms with Crippen molar-refractivity contribution < 1.29 is 13.2 Å². The number of amides is 1. The van der Waals surface area contributed by atoms with Crippen LogP contribution >= 0.6 is 11.3 Å². The first-order valence-corrected chi connectivity index (χ1v) is 10.8. The molecule has 0 radical (unpaired) electrons. The maximum Gasteiger partial charge on any atom is 0.259 e. The standard InChI is InChI=1S/C17H19N3O3S2/c1-2-25(22,23)19-8-6-17(11-19)12-20(14-4-3-7-18-15(14)17)16(21)13-5-9-24-10-13/h3-5,7,9-10H,2,6,8,11-12H2,1H3/t17-/m0/s1. The molecule has 0 N–H and O–H groups in total. The van der Waals surface area contributed by atoms with Crippen LogP contribution in [0.4, 0.5) is 5.69 Å². The molecule has 4 rings (SSSR count). The van der Waals surface area contributed by atoms with Crippen LogP contribution in [0.3, 0.4) is 0 Å². The highest BCUT2D eigenvalue weighted by atomic mass is 32.2. The molecule has 1 atom stereocenters. The minimum Gasteiger partial charge on any atom is -0.305 e. The lowest BCUT2D eigenvalue weighted by molar-refractivity contribution is 0.0985. The number of rotatable bonds is 3. The van der Waals surface area contributed by atoms with Gasteiger partial charge in [-0.05, 0) is 36.9 Å². The number of aromatic nitrogens is 1. The first-order valence-electron chi connectivity index (χ1n) is 8.24.